The number of nitrogens with zero attached hydrogens (tertiary/aromatic N) is 2. The molecule has 0 bridgehead atoms. The van der Waals surface area contributed by atoms with Crippen LogP contribution in [-0.4, -0.2) is 48.6 Å². The molecule has 0 radical (unpaired) electrons. The van der Waals surface area contributed by atoms with Crippen LogP contribution in [0.1, 0.15) is 47.5 Å². The lowest BCUT2D eigenvalue weighted by atomic mass is 9.90. The lowest BCUT2D eigenvalue weighted by molar-refractivity contribution is 0.216. The molecule has 0 aromatic rings. The molecule has 106 valence electrons. The summed E-state index contributed by atoms with van der Waals surface area (Å²) in [5.41, 5.74) is 0.504. The van der Waals surface area contributed by atoms with E-state index in [1.165, 1.54) is 45.6 Å². The normalized spacial score (nSPS) is 30.3. The van der Waals surface area contributed by atoms with Crippen LogP contribution in [0.3, 0.4) is 0 Å². The van der Waals surface area contributed by atoms with Crippen molar-refractivity contribution in [3.05, 3.63) is 0 Å². The Morgan fingerprint density at radius 1 is 1.00 bits per heavy atom. The molecule has 0 aromatic heterocycles. The molecule has 2 heterocycles. The fraction of sp³-hybridized carbons (Fsp3) is 1.00. The van der Waals surface area contributed by atoms with Crippen LogP contribution in [0.2, 0.25) is 0 Å². The zero-order valence-electron chi connectivity index (χ0n) is 13.1. The Labute approximate surface area is 114 Å². The standard InChI is InChI=1S/C16H32N2/c1-13(2)18-11-14-9-17(10-15(14)12-18)8-6-7-16(3,4)5/h13-15H,6-12H2,1-5H3. The van der Waals surface area contributed by atoms with Gasteiger partial charge in [0.2, 0.25) is 0 Å². The van der Waals surface area contributed by atoms with Crippen molar-refractivity contribution >= 4 is 0 Å². The molecule has 2 aliphatic rings. The predicted octanol–water partition coefficient (Wildman–Crippen LogP) is 3.08. The first-order chi connectivity index (χ1) is 8.35. The highest BCUT2D eigenvalue weighted by Crippen LogP contribution is 2.32. The van der Waals surface area contributed by atoms with E-state index in [1.54, 1.807) is 0 Å². The number of rotatable bonds is 4. The van der Waals surface area contributed by atoms with Crippen LogP contribution in [0.5, 0.6) is 0 Å². The van der Waals surface area contributed by atoms with Crippen molar-refractivity contribution in [2.75, 3.05) is 32.7 Å². The molecule has 2 saturated heterocycles. The maximum Gasteiger partial charge on any atom is 0.00388 e. The van der Waals surface area contributed by atoms with Gasteiger partial charge in [0, 0.05) is 32.2 Å². The van der Waals surface area contributed by atoms with Crippen LogP contribution >= 0.6 is 0 Å². The molecule has 0 aromatic carbocycles. The van der Waals surface area contributed by atoms with Gasteiger partial charge in [0.25, 0.3) is 0 Å². The number of fused-ring (bicyclic) bond motifs is 1. The second-order valence-electron chi connectivity index (χ2n) is 7.99. The Morgan fingerprint density at radius 2 is 1.56 bits per heavy atom. The summed E-state index contributed by atoms with van der Waals surface area (Å²) < 4.78 is 0. The molecule has 2 aliphatic heterocycles. The number of hydrogen-bond acceptors (Lipinski definition) is 2. The molecule has 2 fully saturated rings. The van der Waals surface area contributed by atoms with E-state index in [4.69, 9.17) is 0 Å². The van der Waals surface area contributed by atoms with Gasteiger partial charge in [-0.1, -0.05) is 20.8 Å². The van der Waals surface area contributed by atoms with Crippen LogP contribution in [0.25, 0.3) is 0 Å². The molecule has 2 heteroatoms. The Hall–Kier alpha value is -0.0800. The van der Waals surface area contributed by atoms with Gasteiger partial charge in [-0.05, 0) is 50.5 Å². The quantitative estimate of drug-likeness (QED) is 0.758. The van der Waals surface area contributed by atoms with Crippen LogP contribution in [0.15, 0.2) is 0 Å². The summed E-state index contributed by atoms with van der Waals surface area (Å²) in [6.45, 7) is 18.5. The molecule has 0 spiro atoms. The topological polar surface area (TPSA) is 6.48 Å². The summed E-state index contributed by atoms with van der Waals surface area (Å²) in [6, 6.07) is 0.741. The van der Waals surface area contributed by atoms with Gasteiger partial charge in [-0.15, -0.1) is 0 Å². The molecule has 2 atom stereocenters. The number of hydrogen-bond donors (Lipinski definition) is 0. The maximum atomic E-state index is 2.72. The van der Waals surface area contributed by atoms with E-state index in [9.17, 15) is 0 Å². The van der Waals surface area contributed by atoms with Gasteiger partial charge in [-0.25, -0.2) is 0 Å². The lowest BCUT2D eigenvalue weighted by Gasteiger charge is -2.25. The van der Waals surface area contributed by atoms with Crippen molar-refractivity contribution in [1.29, 1.82) is 0 Å². The van der Waals surface area contributed by atoms with Crippen molar-refractivity contribution in [1.82, 2.24) is 9.80 Å². The molecular weight excluding hydrogens is 220 g/mol. The first kappa shape index (κ1) is 14.3. The second-order valence-corrected chi connectivity index (χ2v) is 7.99. The molecule has 0 N–H and O–H groups in total. The third-order valence-electron chi connectivity index (χ3n) is 4.72. The van der Waals surface area contributed by atoms with Crippen molar-refractivity contribution in [3.8, 4) is 0 Å². The smallest absolute Gasteiger partial charge is 0.00388 e. The Kier molecular flexibility index (Phi) is 4.38. The average Bonchev–Trinajstić information content (AvgIpc) is 2.72. The Morgan fingerprint density at radius 3 is 2.00 bits per heavy atom. The summed E-state index contributed by atoms with van der Waals surface area (Å²) in [4.78, 5) is 5.39. The van der Waals surface area contributed by atoms with E-state index in [1.807, 2.05) is 0 Å². The summed E-state index contributed by atoms with van der Waals surface area (Å²) in [5, 5.41) is 0. The average molecular weight is 252 g/mol. The monoisotopic (exact) mass is 252 g/mol. The van der Waals surface area contributed by atoms with E-state index < -0.39 is 0 Å². The highest BCUT2D eigenvalue weighted by Gasteiger charge is 2.40. The molecule has 0 amide bonds. The van der Waals surface area contributed by atoms with Gasteiger partial charge in [0.1, 0.15) is 0 Å². The Bertz CT molecular complexity index is 253. The molecule has 18 heavy (non-hydrogen) atoms. The molecular formula is C16H32N2. The van der Waals surface area contributed by atoms with Gasteiger partial charge in [0.05, 0.1) is 0 Å². The van der Waals surface area contributed by atoms with E-state index >= 15 is 0 Å². The number of likely N-dealkylation sites (tertiary alicyclic amines) is 2. The molecule has 2 rings (SSSR count). The van der Waals surface area contributed by atoms with Crippen LogP contribution in [-0.2, 0) is 0 Å². The highest BCUT2D eigenvalue weighted by molar-refractivity contribution is 4.93. The third-order valence-corrected chi connectivity index (χ3v) is 4.72. The van der Waals surface area contributed by atoms with Crippen LogP contribution in [0, 0.1) is 17.3 Å². The van der Waals surface area contributed by atoms with Crippen molar-refractivity contribution in [2.45, 2.75) is 53.5 Å². The minimum atomic E-state index is 0.504. The van der Waals surface area contributed by atoms with E-state index in [2.05, 4.69) is 44.4 Å². The van der Waals surface area contributed by atoms with E-state index in [0.29, 0.717) is 5.41 Å². The fourth-order valence-corrected chi connectivity index (χ4v) is 3.56. The zero-order chi connectivity index (χ0) is 13.3. The fourth-order valence-electron chi connectivity index (χ4n) is 3.56. The Balaban J connectivity index is 1.69. The first-order valence-electron chi connectivity index (χ1n) is 7.81. The van der Waals surface area contributed by atoms with Crippen molar-refractivity contribution < 1.29 is 0 Å². The zero-order valence-corrected chi connectivity index (χ0v) is 13.1. The van der Waals surface area contributed by atoms with Crippen molar-refractivity contribution in [2.24, 2.45) is 17.3 Å². The minimum Gasteiger partial charge on any atom is -0.303 e. The first-order valence-corrected chi connectivity index (χ1v) is 7.81. The third kappa shape index (κ3) is 3.71. The SMILES string of the molecule is CC(C)N1CC2CN(CCCC(C)(C)C)CC2C1. The summed E-state index contributed by atoms with van der Waals surface area (Å²) in [5.74, 6) is 1.92. The van der Waals surface area contributed by atoms with Gasteiger partial charge in [0.15, 0.2) is 0 Å². The summed E-state index contributed by atoms with van der Waals surface area (Å²) in [7, 11) is 0. The maximum absolute atomic E-state index is 2.72. The lowest BCUT2D eigenvalue weighted by Crippen LogP contribution is -2.33. The van der Waals surface area contributed by atoms with Gasteiger partial charge in [-0.3, -0.25) is 0 Å². The van der Waals surface area contributed by atoms with Gasteiger partial charge < -0.3 is 9.80 Å². The second kappa shape index (κ2) is 5.50. The highest BCUT2D eigenvalue weighted by atomic mass is 15.2. The molecule has 0 aliphatic carbocycles. The summed E-state index contributed by atoms with van der Waals surface area (Å²) in [6.07, 6.45) is 2.73. The van der Waals surface area contributed by atoms with Crippen molar-refractivity contribution in [3.63, 3.8) is 0 Å². The van der Waals surface area contributed by atoms with Gasteiger partial charge >= 0.3 is 0 Å². The molecule has 0 saturated carbocycles. The minimum absolute atomic E-state index is 0.504. The van der Waals surface area contributed by atoms with E-state index in [-0.39, 0.29) is 0 Å². The molecule has 2 nitrogen and oxygen atoms in total. The van der Waals surface area contributed by atoms with E-state index in [0.717, 1.165) is 17.9 Å². The van der Waals surface area contributed by atoms with Gasteiger partial charge in [-0.2, -0.15) is 0 Å². The molecule has 2 unspecified atom stereocenters. The van der Waals surface area contributed by atoms with Crippen LogP contribution in [0.4, 0.5) is 0 Å². The largest absolute Gasteiger partial charge is 0.303 e. The predicted molar refractivity (Wildman–Crippen MR) is 78.8 cm³/mol. The summed E-state index contributed by atoms with van der Waals surface area (Å²) >= 11 is 0. The van der Waals surface area contributed by atoms with Crippen LogP contribution < -0.4 is 0 Å².